The molecule has 7 nitrogen and oxygen atoms in total. The molecule has 0 bridgehead atoms. The number of rotatable bonds is 7. The van der Waals surface area contributed by atoms with Crippen LogP contribution in [0.4, 0.5) is 11.4 Å². The third kappa shape index (κ3) is 3.96. The molecule has 126 valence electrons. The maximum Gasteiger partial charge on any atom is 0.338 e. The van der Waals surface area contributed by atoms with Gasteiger partial charge in [-0.25, -0.2) is 4.79 Å². The molecule has 1 aromatic heterocycles. The van der Waals surface area contributed by atoms with Gasteiger partial charge in [0.15, 0.2) is 6.61 Å². The second-order valence-electron chi connectivity index (χ2n) is 4.86. The zero-order valence-electron chi connectivity index (χ0n) is 13.2. The lowest BCUT2D eigenvalue weighted by Crippen LogP contribution is -2.13. The second-order valence-corrected chi connectivity index (χ2v) is 6.03. The standard InChI is InChI=1S/C16H16N2O5S/c1-3-11-5-7-15(24-11)14(19)9-23-16(20)10-4-6-12(17-2)13(8-10)18(21)22/h4-8,17H,3,9H2,1-2H3. The van der Waals surface area contributed by atoms with Gasteiger partial charge in [0.2, 0.25) is 5.78 Å². The van der Waals surface area contributed by atoms with E-state index in [1.54, 1.807) is 13.1 Å². The fraction of sp³-hybridized carbons (Fsp3) is 0.250. The minimum Gasteiger partial charge on any atom is -0.454 e. The zero-order chi connectivity index (χ0) is 17.7. The number of nitro benzene ring substituents is 1. The summed E-state index contributed by atoms with van der Waals surface area (Å²) in [5, 5.41) is 13.7. The van der Waals surface area contributed by atoms with E-state index in [1.807, 2.05) is 13.0 Å². The van der Waals surface area contributed by atoms with Crippen molar-refractivity contribution in [3.63, 3.8) is 0 Å². The number of aryl methyl sites for hydroxylation is 1. The summed E-state index contributed by atoms with van der Waals surface area (Å²) in [6, 6.07) is 7.51. The van der Waals surface area contributed by atoms with Gasteiger partial charge in [0.1, 0.15) is 5.69 Å². The number of carbonyl (C=O) groups excluding carboxylic acids is 2. The number of benzene rings is 1. The summed E-state index contributed by atoms with van der Waals surface area (Å²) in [6.45, 7) is 1.59. The van der Waals surface area contributed by atoms with E-state index >= 15 is 0 Å². The van der Waals surface area contributed by atoms with Crippen LogP contribution in [0.25, 0.3) is 0 Å². The van der Waals surface area contributed by atoms with Gasteiger partial charge in [0.05, 0.1) is 15.4 Å². The van der Waals surface area contributed by atoms with Crippen molar-refractivity contribution < 1.29 is 19.2 Å². The van der Waals surface area contributed by atoms with Crippen molar-refractivity contribution in [3.05, 3.63) is 55.8 Å². The number of hydrogen-bond acceptors (Lipinski definition) is 7. The third-order valence-corrected chi connectivity index (χ3v) is 4.59. The number of Topliss-reactive ketones (excluding diaryl/α,β-unsaturated/α-hetero) is 1. The predicted octanol–water partition coefficient (Wildman–Crippen LogP) is 3.30. The molecule has 1 heterocycles. The van der Waals surface area contributed by atoms with Gasteiger partial charge in [-0.1, -0.05) is 6.92 Å². The van der Waals surface area contributed by atoms with Crippen molar-refractivity contribution in [1.29, 1.82) is 0 Å². The molecule has 0 unspecified atom stereocenters. The van der Waals surface area contributed by atoms with Crippen molar-refractivity contribution >= 4 is 34.5 Å². The van der Waals surface area contributed by atoms with Crippen LogP contribution in [0.1, 0.15) is 31.8 Å². The van der Waals surface area contributed by atoms with Gasteiger partial charge in [-0.3, -0.25) is 14.9 Å². The van der Waals surface area contributed by atoms with Crippen LogP contribution in [0.5, 0.6) is 0 Å². The Morgan fingerprint density at radius 2 is 2.04 bits per heavy atom. The summed E-state index contributed by atoms with van der Waals surface area (Å²) in [5.74, 6) is -1.07. The maximum absolute atomic E-state index is 12.0. The Morgan fingerprint density at radius 3 is 2.62 bits per heavy atom. The molecule has 0 radical (unpaired) electrons. The minimum atomic E-state index is -0.777. The predicted molar refractivity (Wildman–Crippen MR) is 91.0 cm³/mol. The van der Waals surface area contributed by atoms with Crippen LogP contribution in [0, 0.1) is 10.1 Å². The van der Waals surface area contributed by atoms with Crippen molar-refractivity contribution in [2.24, 2.45) is 0 Å². The molecular weight excluding hydrogens is 332 g/mol. The monoisotopic (exact) mass is 348 g/mol. The molecule has 1 aromatic carbocycles. The Labute approximate surface area is 142 Å². The van der Waals surface area contributed by atoms with E-state index in [-0.39, 0.29) is 17.0 Å². The number of nitrogens with one attached hydrogen (secondary N) is 1. The van der Waals surface area contributed by atoms with Crippen molar-refractivity contribution in [2.45, 2.75) is 13.3 Å². The lowest BCUT2D eigenvalue weighted by molar-refractivity contribution is -0.384. The molecule has 0 spiro atoms. The van der Waals surface area contributed by atoms with Gasteiger partial charge in [-0.2, -0.15) is 0 Å². The molecular formula is C16H16N2O5S. The summed E-state index contributed by atoms with van der Waals surface area (Å²) >= 11 is 1.36. The largest absolute Gasteiger partial charge is 0.454 e. The number of hydrogen-bond donors (Lipinski definition) is 1. The maximum atomic E-state index is 12.0. The van der Waals surface area contributed by atoms with E-state index < -0.39 is 17.5 Å². The van der Waals surface area contributed by atoms with Crippen molar-refractivity contribution in [2.75, 3.05) is 19.0 Å². The van der Waals surface area contributed by atoms with Gasteiger partial charge in [0.25, 0.3) is 5.69 Å². The van der Waals surface area contributed by atoms with E-state index in [1.165, 1.54) is 23.5 Å². The van der Waals surface area contributed by atoms with Crippen LogP contribution in [0.15, 0.2) is 30.3 Å². The summed E-state index contributed by atoms with van der Waals surface area (Å²) in [6.07, 6.45) is 0.833. The van der Waals surface area contributed by atoms with E-state index in [0.717, 1.165) is 17.4 Å². The Balaban J connectivity index is 2.05. The number of carbonyl (C=O) groups is 2. The number of thiophene rings is 1. The molecule has 0 aliphatic rings. The molecule has 1 N–H and O–H groups in total. The SMILES string of the molecule is CCc1ccc(C(=O)COC(=O)c2ccc(NC)c([N+](=O)[O-])c2)s1. The zero-order valence-corrected chi connectivity index (χ0v) is 14.0. The van der Waals surface area contributed by atoms with E-state index in [4.69, 9.17) is 4.74 Å². The first-order valence-electron chi connectivity index (χ1n) is 7.21. The normalized spacial score (nSPS) is 10.2. The average Bonchev–Trinajstić information content (AvgIpc) is 3.07. The number of ether oxygens (including phenoxy) is 1. The molecule has 0 saturated heterocycles. The quantitative estimate of drug-likeness (QED) is 0.357. The molecule has 0 amide bonds. The van der Waals surface area contributed by atoms with Gasteiger partial charge in [0, 0.05) is 18.0 Å². The van der Waals surface area contributed by atoms with E-state index in [9.17, 15) is 19.7 Å². The van der Waals surface area contributed by atoms with E-state index in [0.29, 0.717) is 10.6 Å². The smallest absolute Gasteiger partial charge is 0.338 e. The molecule has 8 heteroatoms. The summed E-state index contributed by atoms with van der Waals surface area (Å²) in [4.78, 5) is 36.0. The number of anilines is 1. The summed E-state index contributed by atoms with van der Waals surface area (Å²) in [5.41, 5.74) is 0.0800. The Bertz CT molecular complexity index is 785. The van der Waals surface area contributed by atoms with Gasteiger partial charge >= 0.3 is 5.97 Å². The number of esters is 1. The molecule has 2 rings (SSSR count). The second kappa shape index (κ2) is 7.69. The first kappa shape index (κ1) is 17.6. The van der Waals surface area contributed by atoms with Gasteiger partial charge in [-0.15, -0.1) is 11.3 Å². The molecule has 0 aliphatic carbocycles. The summed E-state index contributed by atoms with van der Waals surface area (Å²) < 4.78 is 4.97. The fourth-order valence-corrected chi connectivity index (χ4v) is 2.90. The fourth-order valence-electron chi connectivity index (χ4n) is 2.02. The highest BCUT2D eigenvalue weighted by Crippen LogP contribution is 2.25. The van der Waals surface area contributed by atoms with Crippen LogP contribution >= 0.6 is 11.3 Å². The van der Waals surface area contributed by atoms with E-state index in [2.05, 4.69) is 5.32 Å². The Morgan fingerprint density at radius 1 is 1.29 bits per heavy atom. The molecule has 2 aromatic rings. The first-order chi connectivity index (χ1) is 11.5. The molecule has 24 heavy (non-hydrogen) atoms. The third-order valence-electron chi connectivity index (χ3n) is 3.32. The van der Waals surface area contributed by atoms with Crippen LogP contribution in [0.3, 0.4) is 0 Å². The van der Waals surface area contributed by atoms with Gasteiger partial charge in [-0.05, 0) is 30.7 Å². The first-order valence-corrected chi connectivity index (χ1v) is 8.03. The lowest BCUT2D eigenvalue weighted by Gasteiger charge is -2.06. The Hall–Kier alpha value is -2.74. The number of nitrogens with zero attached hydrogens (tertiary/aromatic N) is 1. The molecule has 0 saturated carbocycles. The van der Waals surface area contributed by atoms with Crippen LogP contribution in [0.2, 0.25) is 0 Å². The Kier molecular flexibility index (Phi) is 5.64. The summed E-state index contributed by atoms with van der Waals surface area (Å²) in [7, 11) is 1.55. The topological polar surface area (TPSA) is 98.5 Å². The highest BCUT2D eigenvalue weighted by Gasteiger charge is 2.19. The van der Waals surface area contributed by atoms with Crippen molar-refractivity contribution in [3.8, 4) is 0 Å². The van der Waals surface area contributed by atoms with Crippen LogP contribution in [-0.2, 0) is 11.2 Å². The minimum absolute atomic E-state index is 0.0222. The molecule has 0 fully saturated rings. The van der Waals surface area contributed by atoms with Crippen LogP contribution in [-0.4, -0.2) is 30.3 Å². The molecule has 0 atom stereocenters. The lowest BCUT2D eigenvalue weighted by atomic mass is 10.1. The molecule has 0 aliphatic heterocycles. The number of ketones is 1. The highest BCUT2D eigenvalue weighted by molar-refractivity contribution is 7.14. The van der Waals surface area contributed by atoms with Crippen molar-refractivity contribution in [1.82, 2.24) is 0 Å². The number of nitro groups is 1. The van der Waals surface area contributed by atoms with Crippen LogP contribution < -0.4 is 5.32 Å². The van der Waals surface area contributed by atoms with Gasteiger partial charge < -0.3 is 10.1 Å². The highest BCUT2D eigenvalue weighted by atomic mass is 32.1. The average molecular weight is 348 g/mol.